The van der Waals surface area contributed by atoms with Crippen molar-refractivity contribution in [2.45, 2.75) is 39.3 Å². The second kappa shape index (κ2) is 11.1. The number of nitrogens with zero attached hydrogens (tertiary/aromatic N) is 5. The molecule has 1 aromatic heterocycles. The average Bonchev–Trinajstić information content (AvgIpc) is 3.55. The Morgan fingerprint density at radius 3 is 2.71 bits per heavy atom. The van der Waals surface area contributed by atoms with Gasteiger partial charge in [-0.25, -0.2) is 19.0 Å². The monoisotopic (exact) mass is 598 g/mol. The Morgan fingerprint density at radius 1 is 1.29 bits per heavy atom. The molecule has 2 aromatic rings. The number of aliphatic imine (C=N–C) groups is 1. The number of carbonyl (C=O) groups is 3. The highest BCUT2D eigenvalue weighted by Crippen LogP contribution is 2.37. The molecule has 0 aliphatic carbocycles. The number of esters is 1. The van der Waals surface area contributed by atoms with Crippen LogP contribution in [0.3, 0.4) is 0 Å². The van der Waals surface area contributed by atoms with Gasteiger partial charge in [0.1, 0.15) is 11.9 Å². The van der Waals surface area contributed by atoms with Crippen molar-refractivity contribution in [3.05, 3.63) is 63.0 Å². The molecule has 224 valence electrons. The highest BCUT2D eigenvalue weighted by atomic mass is 32.1. The topological polar surface area (TPSA) is 128 Å². The number of ether oxygens (including phenoxy) is 1. The van der Waals surface area contributed by atoms with Gasteiger partial charge in [0.15, 0.2) is 10.8 Å². The first kappa shape index (κ1) is 29.6. The lowest BCUT2D eigenvalue weighted by atomic mass is 9.91. The zero-order valence-electron chi connectivity index (χ0n) is 24.3. The number of hydrogen-bond donors (Lipinski definition) is 2. The Bertz CT molecular complexity index is 1470. The maximum atomic E-state index is 14.7. The number of amides is 2. The summed E-state index contributed by atoms with van der Waals surface area (Å²) in [6.45, 7) is 9.16. The molecule has 0 bridgehead atoms. The minimum Gasteiger partial charge on any atom is -0.481 e. The van der Waals surface area contributed by atoms with E-state index in [1.165, 1.54) is 24.5 Å². The van der Waals surface area contributed by atoms with Gasteiger partial charge in [0.05, 0.1) is 23.6 Å². The lowest BCUT2D eigenvalue weighted by Gasteiger charge is -2.44. The number of fused-ring (bicyclic) bond motifs is 1. The Labute approximate surface area is 247 Å². The Kier molecular flexibility index (Phi) is 7.84. The minimum absolute atomic E-state index is 0.106. The van der Waals surface area contributed by atoms with Crippen LogP contribution >= 0.6 is 11.3 Å². The molecular formula is C29H35FN6O5S. The van der Waals surface area contributed by atoms with Gasteiger partial charge in [-0.3, -0.25) is 14.7 Å². The van der Waals surface area contributed by atoms with E-state index in [1.807, 2.05) is 17.2 Å². The lowest BCUT2D eigenvalue weighted by Crippen LogP contribution is -2.60. The molecule has 2 saturated heterocycles. The number of urea groups is 1. The first-order valence-corrected chi connectivity index (χ1v) is 14.6. The smallest absolute Gasteiger partial charge is 0.338 e. The van der Waals surface area contributed by atoms with Crippen molar-refractivity contribution in [3.63, 3.8) is 0 Å². The van der Waals surface area contributed by atoms with Crippen LogP contribution in [0.4, 0.5) is 9.18 Å². The number of hydrogen-bond acceptors (Lipinski definition) is 9. The van der Waals surface area contributed by atoms with E-state index in [2.05, 4.69) is 15.2 Å². The predicted octanol–water partition coefficient (Wildman–Crippen LogP) is 3.03. The molecule has 2 fully saturated rings. The van der Waals surface area contributed by atoms with Gasteiger partial charge in [-0.05, 0) is 44.9 Å². The molecule has 0 saturated carbocycles. The van der Waals surface area contributed by atoms with E-state index in [4.69, 9.17) is 9.73 Å². The van der Waals surface area contributed by atoms with Crippen molar-refractivity contribution in [2.24, 2.45) is 10.4 Å². The average molecular weight is 599 g/mol. The Hall–Kier alpha value is -3.84. The fraction of sp³-hybridized carbons (Fsp3) is 0.483. The number of carbonyl (C=O) groups excluding carboxylic acids is 2. The van der Waals surface area contributed by atoms with Crippen molar-refractivity contribution >= 4 is 35.1 Å². The normalized spacial score (nSPS) is 23.0. The molecule has 42 heavy (non-hydrogen) atoms. The largest absolute Gasteiger partial charge is 0.481 e. The molecule has 4 heterocycles. The maximum Gasteiger partial charge on any atom is 0.338 e. The number of nitrogens with one attached hydrogen (secondary N) is 1. The summed E-state index contributed by atoms with van der Waals surface area (Å²) < 4.78 is 19.9. The van der Waals surface area contributed by atoms with Crippen LogP contribution in [-0.2, 0) is 14.3 Å². The van der Waals surface area contributed by atoms with Gasteiger partial charge in [0.2, 0.25) is 0 Å². The van der Waals surface area contributed by atoms with Crippen molar-refractivity contribution in [1.82, 2.24) is 25.0 Å². The van der Waals surface area contributed by atoms with Gasteiger partial charge in [0.25, 0.3) is 0 Å². The molecule has 3 aliphatic rings. The van der Waals surface area contributed by atoms with Crippen LogP contribution in [0.1, 0.15) is 42.9 Å². The van der Waals surface area contributed by atoms with Crippen LogP contribution in [-0.4, -0.2) is 101 Å². The highest BCUT2D eigenvalue weighted by molar-refractivity contribution is 7.11. The number of rotatable bonds is 8. The van der Waals surface area contributed by atoms with Crippen molar-refractivity contribution in [1.29, 1.82) is 0 Å². The molecule has 3 aliphatic heterocycles. The Balaban J connectivity index is 1.47. The van der Waals surface area contributed by atoms with E-state index < -0.39 is 34.8 Å². The van der Waals surface area contributed by atoms with Gasteiger partial charge < -0.3 is 25.0 Å². The van der Waals surface area contributed by atoms with E-state index in [0.29, 0.717) is 60.4 Å². The molecule has 0 spiro atoms. The summed E-state index contributed by atoms with van der Waals surface area (Å²) >= 11 is 1.39. The first-order chi connectivity index (χ1) is 19.8. The molecule has 0 unspecified atom stereocenters. The summed E-state index contributed by atoms with van der Waals surface area (Å²) in [7, 11) is 1.31. The van der Waals surface area contributed by atoms with Crippen LogP contribution in [0.25, 0.3) is 0 Å². The minimum atomic E-state index is -1.08. The van der Waals surface area contributed by atoms with Crippen LogP contribution in [0.15, 0.2) is 46.0 Å². The number of aliphatic carboxylic acids is 1. The Morgan fingerprint density at radius 2 is 2.05 bits per heavy atom. The maximum absolute atomic E-state index is 14.7. The van der Waals surface area contributed by atoms with Crippen molar-refractivity contribution in [3.8, 4) is 0 Å². The summed E-state index contributed by atoms with van der Waals surface area (Å²) in [5, 5.41) is 15.4. The van der Waals surface area contributed by atoms with Gasteiger partial charge in [-0.15, -0.1) is 11.3 Å². The van der Waals surface area contributed by atoms with Crippen LogP contribution < -0.4 is 5.32 Å². The number of amidine groups is 1. The summed E-state index contributed by atoms with van der Waals surface area (Å²) in [5.74, 6) is -1.45. The summed E-state index contributed by atoms with van der Waals surface area (Å²) in [6.07, 6.45) is 1.67. The third-order valence-electron chi connectivity index (χ3n) is 8.21. The second-order valence-electron chi connectivity index (χ2n) is 11.9. The zero-order valence-corrected chi connectivity index (χ0v) is 25.1. The number of thiazole rings is 1. The van der Waals surface area contributed by atoms with Crippen molar-refractivity contribution in [2.75, 3.05) is 46.4 Å². The highest BCUT2D eigenvalue weighted by Gasteiger charge is 2.51. The number of aromatic nitrogens is 1. The number of methoxy groups -OCH3 is 1. The molecule has 11 nitrogen and oxygen atoms in total. The molecule has 1 aromatic carbocycles. The molecule has 2 amide bonds. The predicted molar refractivity (Wildman–Crippen MR) is 155 cm³/mol. The summed E-state index contributed by atoms with van der Waals surface area (Å²) in [5.41, 5.74) is 0.158. The van der Waals surface area contributed by atoms with E-state index >= 15 is 0 Å². The van der Waals surface area contributed by atoms with E-state index in [-0.39, 0.29) is 18.1 Å². The standard InChI is InChI=1S/C29H35FN6O5S/c1-17-18(7-6-8-19(17)30)22-21(25(37)41-5)20(32-23(33-22)24-31-9-12-42-24)13-34-10-11-36-27(40)35(16-29(36,4)15-34)14-28(2,3)26(38)39/h6-9,12,22H,10-11,13-16H2,1-5H3,(H,32,33)(H,38,39)/t22-,29-/m0/s1. The van der Waals surface area contributed by atoms with Crippen LogP contribution in [0.2, 0.25) is 0 Å². The van der Waals surface area contributed by atoms with Crippen molar-refractivity contribution < 1.29 is 28.6 Å². The molecule has 5 rings (SSSR count). The van der Waals surface area contributed by atoms with E-state index in [0.717, 1.165) is 0 Å². The number of piperazine rings is 1. The SMILES string of the molecule is COC(=O)C1=C(CN2CCN3C(=O)N(CC(C)(C)C(=O)O)C[C@]3(C)C2)NC(c2nccs2)=N[C@H]1c1cccc(F)c1C. The van der Waals surface area contributed by atoms with Gasteiger partial charge >= 0.3 is 18.0 Å². The number of benzene rings is 1. The van der Waals surface area contributed by atoms with E-state index in [1.54, 1.807) is 44.0 Å². The first-order valence-electron chi connectivity index (χ1n) is 13.7. The fourth-order valence-corrected chi connectivity index (χ4v) is 6.55. The quantitative estimate of drug-likeness (QED) is 0.444. The molecular weight excluding hydrogens is 563 g/mol. The third-order valence-corrected chi connectivity index (χ3v) is 8.99. The molecule has 0 radical (unpaired) electrons. The zero-order chi connectivity index (χ0) is 30.4. The van der Waals surface area contributed by atoms with Gasteiger partial charge in [-0.1, -0.05) is 12.1 Å². The third kappa shape index (κ3) is 5.38. The van der Waals surface area contributed by atoms with Gasteiger partial charge in [-0.2, -0.15) is 0 Å². The number of carboxylic acids is 1. The molecule has 13 heteroatoms. The molecule has 2 N–H and O–H groups in total. The fourth-order valence-electron chi connectivity index (χ4n) is 5.96. The lowest BCUT2D eigenvalue weighted by molar-refractivity contribution is -0.147. The number of halogens is 1. The second-order valence-corrected chi connectivity index (χ2v) is 12.8. The number of carboxylic acid groups (broad SMARTS) is 1. The summed E-state index contributed by atoms with van der Waals surface area (Å²) in [4.78, 5) is 53.1. The van der Waals surface area contributed by atoms with Gasteiger partial charge in [0, 0.05) is 56.5 Å². The van der Waals surface area contributed by atoms with E-state index in [9.17, 15) is 23.9 Å². The summed E-state index contributed by atoms with van der Waals surface area (Å²) in [6, 6.07) is 3.74. The molecule has 2 atom stereocenters. The van der Waals surface area contributed by atoms with Crippen LogP contribution in [0.5, 0.6) is 0 Å². The van der Waals surface area contributed by atoms with Crippen LogP contribution in [0, 0.1) is 18.2 Å².